The molecule has 41 heavy (non-hydrogen) atoms. The summed E-state index contributed by atoms with van der Waals surface area (Å²) < 4.78 is 11.0. The molecule has 2 heterocycles. The number of nitriles is 1. The minimum atomic E-state index is -0.418. The molecular formula is C30H39ClN6O4. The molecule has 2 aliphatic rings. The smallest absolute Gasteiger partial charge is 0.407 e. The van der Waals surface area contributed by atoms with E-state index in [4.69, 9.17) is 26.3 Å². The van der Waals surface area contributed by atoms with Crippen LogP contribution in [0.4, 0.5) is 10.6 Å². The van der Waals surface area contributed by atoms with Crippen LogP contribution in [0.15, 0.2) is 24.3 Å². The molecule has 2 aromatic rings. The fourth-order valence-corrected chi connectivity index (χ4v) is 5.86. The van der Waals surface area contributed by atoms with Gasteiger partial charge in [0.2, 0.25) is 0 Å². The Morgan fingerprint density at radius 1 is 1.05 bits per heavy atom. The Morgan fingerprint density at radius 3 is 2.39 bits per heavy atom. The molecule has 1 aliphatic carbocycles. The number of carbonyl (C=O) groups excluding carboxylic acids is 2. The number of methoxy groups -OCH3 is 1. The van der Waals surface area contributed by atoms with E-state index in [1.54, 1.807) is 18.2 Å². The van der Waals surface area contributed by atoms with Crippen molar-refractivity contribution in [3.63, 3.8) is 0 Å². The molecular weight excluding hydrogens is 544 g/mol. The molecule has 0 bridgehead atoms. The summed E-state index contributed by atoms with van der Waals surface area (Å²) in [4.78, 5) is 26.9. The van der Waals surface area contributed by atoms with Crippen LogP contribution in [-0.2, 0) is 4.74 Å². The standard InChI is InChI=1S/C30H39ClN6O4/c1-18-24(12-6-19(17-32)27(18)31)41-22-9-7-20(8-10-22)33-28(38)23-11-13-26(36-35-23)37-15-14-21(34-29(39)40-5)16-25(37)30(2,3)4/h6,11-13,20-22,25H,7-10,14-16H2,1-5H3,(H,33,38)(H,34,39)/t20?,21-,22?,25-/m1/s1. The predicted molar refractivity (Wildman–Crippen MR) is 156 cm³/mol. The SMILES string of the molecule is COC(=O)N[C@@H]1CCN(c2ccc(C(=O)NC3CCC(Oc4ccc(C#N)c(Cl)c4C)CC3)nn2)[C@@H](C(C)(C)C)C1. The van der Waals surface area contributed by atoms with E-state index in [0.717, 1.165) is 44.1 Å². The minimum Gasteiger partial charge on any atom is -0.490 e. The van der Waals surface area contributed by atoms with E-state index in [2.05, 4.69) is 52.6 Å². The summed E-state index contributed by atoms with van der Waals surface area (Å²) >= 11 is 6.28. The maximum Gasteiger partial charge on any atom is 0.407 e. The van der Waals surface area contributed by atoms with Crippen LogP contribution >= 0.6 is 11.6 Å². The molecule has 2 N–H and O–H groups in total. The molecule has 0 radical (unpaired) electrons. The number of rotatable bonds is 6. The van der Waals surface area contributed by atoms with Gasteiger partial charge in [0.1, 0.15) is 11.8 Å². The molecule has 10 nitrogen and oxygen atoms in total. The van der Waals surface area contributed by atoms with Gasteiger partial charge >= 0.3 is 6.09 Å². The molecule has 11 heteroatoms. The van der Waals surface area contributed by atoms with Crippen LogP contribution in [0.25, 0.3) is 0 Å². The number of benzene rings is 1. The van der Waals surface area contributed by atoms with Gasteiger partial charge in [0.05, 0.1) is 23.8 Å². The Kier molecular flexibility index (Phi) is 9.59. The summed E-state index contributed by atoms with van der Waals surface area (Å²) in [7, 11) is 1.37. The van der Waals surface area contributed by atoms with E-state index >= 15 is 0 Å². The number of piperidine rings is 1. The zero-order valence-electron chi connectivity index (χ0n) is 24.4. The average molecular weight is 583 g/mol. The van der Waals surface area contributed by atoms with Crippen molar-refractivity contribution in [1.82, 2.24) is 20.8 Å². The van der Waals surface area contributed by atoms with Gasteiger partial charge in [-0.1, -0.05) is 32.4 Å². The fourth-order valence-electron chi connectivity index (χ4n) is 5.66. The van der Waals surface area contributed by atoms with Crippen LogP contribution in [0.5, 0.6) is 5.75 Å². The quantitative estimate of drug-likeness (QED) is 0.477. The summed E-state index contributed by atoms with van der Waals surface area (Å²) in [6.45, 7) is 9.06. The predicted octanol–water partition coefficient (Wildman–Crippen LogP) is 5.17. The Hall–Kier alpha value is -3.58. The van der Waals surface area contributed by atoms with Gasteiger partial charge < -0.3 is 25.0 Å². The summed E-state index contributed by atoms with van der Waals surface area (Å²) in [6.07, 6.45) is 4.27. The van der Waals surface area contributed by atoms with Gasteiger partial charge in [0.15, 0.2) is 11.5 Å². The number of amides is 2. The van der Waals surface area contributed by atoms with Crippen molar-refractivity contribution in [2.75, 3.05) is 18.6 Å². The molecule has 220 valence electrons. The monoisotopic (exact) mass is 582 g/mol. The van der Waals surface area contributed by atoms with Gasteiger partial charge in [0.25, 0.3) is 5.91 Å². The number of aromatic nitrogens is 2. The van der Waals surface area contributed by atoms with E-state index in [-0.39, 0.29) is 41.2 Å². The molecule has 2 amide bonds. The second kappa shape index (κ2) is 12.9. The largest absolute Gasteiger partial charge is 0.490 e. The zero-order valence-corrected chi connectivity index (χ0v) is 25.1. The van der Waals surface area contributed by atoms with Crippen molar-refractivity contribution < 1.29 is 19.1 Å². The van der Waals surface area contributed by atoms with Crippen LogP contribution in [0, 0.1) is 23.7 Å². The number of ether oxygens (including phenoxy) is 2. The highest BCUT2D eigenvalue weighted by molar-refractivity contribution is 6.32. The molecule has 2 atom stereocenters. The third-order valence-electron chi connectivity index (χ3n) is 8.05. The summed E-state index contributed by atoms with van der Waals surface area (Å²) in [5.74, 6) is 1.17. The molecule has 1 saturated heterocycles. The Bertz CT molecular complexity index is 1280. The van der Waals surface area contributed by atoms with E-state index in [1.807, 2.05) is 13.0 Å². The maximum absolute atomic E-state index is 13.0. The van der Waals surface area contributed by atoms with E-state index in [9.17, 15) is 9.59 Å². The van der Waals surface area contributed by atoms with Crippen molar-refractivity contribution in [3.05, 3.63) is 46.1 Å². The molecule has 1 saturated carbocycles. The van der Waals surface area contributed by atoms with Gasteiger partial charge in [-0.2, -0.15) is 5.26 Å². The van der Waals surface area contributed by atoms with E-state index < -0.39 is 6.09 Å². The molecule has 1 aliphatic heterocycles. The van der Waals surface area contributed by atoms with Crippen LogP contribution in [0.1, 0.15) is 80.9 Å². The third kappa shape index (κ3) is 7.39. The van der Waals surface area contributed by atoms with Gasteiger partial charge in [0, 0.05) is 30.2 Å². The van der Waals surface area contributed by atoms with Gasteiger partial charge in [-0.25, -0.2) is 4.79 Å². The molecule has 2 fully saturated rings. The first-order valence-corrected chi connectivity index (χ1v) is 14.5. The number of carbonyl (C=O) groups is 2. The number of halogens is 1. The van der Waals surface area contributed by atoms with Crippen LogP contribution in [0.3, 0.4) is 0 Å². The normalized spacial score (nSPS) is 22.8. The van der Waals surface area contributed by atoms with Crippen molar-refractivity contribution >= 4 is 29.4 Å². The fraction of sp³-hybridized carbons (Fsp3) is 0.567. The maximum atomic E-state index is 13.0. The number of nitrogens with one attached hydrogen (secondary N) is 2. The number of hydrogen-bond acceptors (Lipinski definition) is 8. The van der Waals surface area contributed by atoms with Gasteiger partial charge in [-0.05, 0) is 75.1 Å². The van der Waals surface area contributed by atoms with Crippen molar-refractivity contribution in [2.45, 2.75) is 90.4 Å². The van der Waals surface area contributed by atoms with Crippen LogP contribution in [0.2, 0.25) is 5.02 Å². The first-order valence-electron chi connectivity index (χ1n) is 14.1. The number of alkyl carbamates (subject to hydrolysis) is 1. The number of anilines is 1. The lowest BCUT2D eigenvalue weighted by atomic mass is 9.79. The van der Waals surface area contributed by atoms with Gasteiger partial charge in [-0.15, -0.1) is 10.2 Å². The Labute approximate surface area is 246 Å². The highest BCUT2D eigenvalue weighted by Crippen LogP contribution is 2.35. The van der Waals surface area contributed by atoms with Crippen molar-refractivity contribution in [1.29, 1.82) is 5.26 Å². The number of hydrogen-bond donors (Lipinski definition) is 2. The van der Waals surface area contributed by atoms with Crippen molar-refractivity contribution in [2.24, 2.45) is 5.41 Å². The Balaban J connectivity index is 1.31. The third-order valence-corrected chi connectivity index (χ3v) is 8.53. The van der Waals surface area contributed by atoms with Crippen LogP contribution in [-0.4, -0.2) is 60.1 Å². The number of nitrogens with zero attached hydrogens (tertiary/aromatic N) is 4. The Morgan fingerprint density at radius 2 is 1.78 bits per heavy atom. The van der Waals surface area contributed by atoms with E-state index in [0.29, 0.717) is 28.7 Å². The topological polar surface area (TPSA) is 129 Å². The lowest BCUT2D eigenvalue weighted by Gasteiger charge is -2.46. The first kappa shape index (κ1) is 30.4. The van der Waals surface area contributed by atoms with E-state index in [1.165, 1.54) is 7.11 Å². The summed E-state index contributed by atoms with van der Waals surface area (Å²) in [5, 5.41) is 24.3. The zero-order chi connectivity index (χ0) is 29.7. The molecule has 1 aromatic heterocycles. The second-order valence-corrected chi connectivity index (χ2v) is 12.3. The summed E-state index contributed by atoms with van der Waals surface area (Å²) in [5.41, 5.74) is 1.41. The lowest BCUT2D eigenvalue weighted by molar-refractivity contribution is 0.0887. The second-order valence-electron chi connectivity index (χ2n) is 11.9. The van der Waals surface area contributed by atoms with Gasteiger partial charge in [-0.3, -0.25) is 4.79 Å². The van der Waals surface area contributed by atoms with Crippen LogP contribution < -0.4 is 20.3 Å². The highest BCUT2D eigenvalue weighted by atomic mass is 35.5. The minimum absolute atomic E-state index is 0.0207. The average Bonchev–Trinajstić information content (AvgIpc) is 2.96. The summed E-state index contributed by atoms with van der Waals surface area (Å²) in [6, 6.07) is 9.30. The molecule has 0 unspecified atom stereocenters. The molecule has 0 spiro atoms. The molecule has 1 aromatic carbocycles. The highest BCUT2D eigenvalue weighted by Gasteiger charge is 2.38. The van der Waals surface area contributed by atoms with Crippen molar-refractivity contribution in [3.8, 4) is 11.8 Å². The molecule has 4 rings (SSSR count). The lowest BCUT2D eigenvalue weighted by Crippen LogP contribution is -2.55. The first-order chi connectivity index (χ1) is 19.5.